The van der Waals surface area contributed by atoms with Gasteiger partial charge in [-0.15, -0.1) is 11.3 Å². The number of urea groups is 1. The third-order valence-electron chi connectivity index (χ3n) is 5.00. The van der Waals surface area contributed by atoms with Crippen molar-refractivity contribution in [3.63, 3.8) is 0 Å². The fourth-order valence-electron chi connectivity index (χ4n) is 3.60. The van der Waals surface area contributed by atoms with E-state index in [1.165, 1.54) is 11.3 Å². The topological polar surface area (TPSA) is 90.1 Å². The SMILES string of the molecule is O=C(NCC1CCCCN1Cc1nc2ccsc2c(=O)[nH]1)Nc1ccccc1. The highest BCUT2D eigenvalue weighted by Gasteiger charge is 2.24. The van der Waals surface area contributed by atoms with E-state index >= 15 is 0 Å². The van der Waals surface area contributed by atoms with Crippen LogP contribution in [0.3, 0.4) is 0 Å². The molecule has 1 atom stereocenters. The average Bonchev–Trinajstić information content (AvgIpc) is 3.17. The van der Waals surface area contributed by atoms with Crippen LogP contribution in [-0.4, -0.2) is 40.0 Å². The number of anilines is 1. The van der Waals surface area contributed by atoms with Crippen molar-refractivity contribution in [2.75, 3.05) is 18.4 Å². The number of H-pyrrole nitrogens is 1. The van der Waals surface area contributed by atoms with E-state index in [0.717, 1.165) is 37.0 Å². The van der Waals surface area contributed by atoms with Crippen LogP contribution in [0.2, 0.25) is 0 Å². The Labute approximate surface area is 166 Å². The molecule has 28 heavy (non-hydrogen) atoms. The number of carbonyl (C=O) groups is 1. The number of piperidine rings is 1. The monoisotopic (exact) mass is 397 g/mol. The number of aromatic amines is 1. The van der Waals surface area contributed by atoms with E-state index in [2.05, 4.69) is 25.5 Å². The summed E-state index contributed by atoms with van der Waals surface area (Å²) in [7, 11) is 0. The summed E-state index contributed by atoms with van der Waals surface area (Å²) >= 11 is 1.41. The second kappa shape index (κ2) is 8.53. The number of carbonyl (C=O) groups excluding carboxylic acids is 1. The first kappa shape index (κ1) is 18.6. The number of aromatic nitrogens is 2. The number of amides is 2. The minimum Gasteiger partial charge on any atom is -0.336 e. The number of nitrogens with one attached hydrogen (secondary N) is 3. The quantitative estimate of drug-likeness (QED) is 0.617. The zero-order valence-electron chi connectivity index (χ0n) is 15.5. The van der Waals surface area contributed by atoms with E-state index in [9.17, 15) is 9.59 Å². The third kappa shape index (κ3) is 4.40. The fourth-order valence-corrected chi connectivity index (χ4v) is 4.32. The molecule has 7 nitrogen and oxygen atoms in total. The Morgan fingerprint density at radius 2 is 2.11 bits per heavy atom. The molecule has 1 unspecified atom stereocenters. The summed E-state index contributed by atoms with van der Waals surface area (Å²) in [5.41, 5.74) is 1.44. The van der Waals surface area contributed by atoms with Crippen molar-refractivity contribution in [1.29, 1.82) is 0 Å². The van der Waals surface area contributed by atoms with Crippen LogP contribution in [0, 0.1) is 0 Å². The molecule has 1 aromatic carbocycles. The van der Waals surface area contributed by atoms with Gasteiger partial charge in [0.2, 0.25) is 0 Å². The molecule has 4 rings (SSSR count). The maximum Gasteiger partial charge on any atom is 0.319 e. The molecule has 3 N–H and O–H groups in total. The lowest BCUT2D eigenvalue weighted by molar-refractivity contribution is 0.135. The minimum atomic E-state index is -0.206. The number of benzene rings is 1. The van der Waals surface area contributed by atoms with Crippen LogP contribution in [0.1, 0.15) is 25.1 Å². The van der Waals surface area contributed by atoms with Crippen LogP contribution in [0.15, 0.2) is 46.6 Å². The second-order valence-electron chi connectivity index (χ2n) is 6.97. The molecule has 1 aliphatic heterocycles. The number of nitrogens with zero attached hydrogens (tertiary/aromatic N) is 2. The van der Waals surface area contributed by atoms with Crippen LogP contribution in [-0.2, 0) is 6.54 Å². The van der Waals surface area contributed by atoms with Crippen LogP contribution < -0.4 is 16.2 Å². The Kier molecular flexibility index (Phi) is 5.68. The molecule has 0 bridgehead atoms. The molecule has 0 aliphatic carbocycles. The Balaban J connectivity index is 1.38. The predicted octanol–water partition coefficient (Wildman–Crippen LogP) is 3.16. The highest BCUT2D eigenvalue weighted by Crippen LogP contribution is 2.19. The van der Waals surface area contributed by atoms with Crippen LogP contribution in [0.25, 0.3) is 10.2 Å². The summed E-state index contributed by atoms with van der Waals surface area (Å²) in [5.74, 6) is 0.677. The largest absolute Gasteiger partial charge is 0.336 e. The average molecular weight is 398 g/mol. The molecule has 1 saturated heterocycles. The highest BCUT2D eigenvalue weighted by molar-refractivity contribution is 7.17. The molecule has 2 aromatic heterocycles. The molecule has 2 amide bonds. The number of para-hydroxylation sites is 1. The molecule has 3 heterocycles. The van der Waals surface area contributed by atoms with Gasteiger partial charge in [0.15, 0.2) is 0 Å². The maximum atomic E-state index is 12.2. The molecule has 8 heteroatoms. The van der Waals surface area contributed by atoms with Gasteiger partial charge in [0.1, 0.15) is 10.5 Å². The zero-order chi connectivity index (χ0) is 19.3. The van der Waals surface area contributed by atoms with Gasteiger partial charge in [-0.3, -0.25) is 9.69 Å². The van der Waals surface area contributed by atoms with E-state index in [1.807, 2.05) is 41.8 Å². The van der Waals surface area contributed by atoms with E-state index < -0.39 is 0 Å². The van der Waals surface area contributed by atoms with E-state index in [1.54, 1.807) is 0 Å². The van der Waals surface area contributed by atoms with E-state index in [0.29, 0.717) is 23.6 Å². The number of hydrogen-bond acceptors (Lipinski definition) is 5. The van der Waals surface area contributed by atoms with E-state index in [4.69, 9.17) is 0 Å². The van der Waals surface area contributed by atoms with Crippen molar-refractivity contribution in [2.24, 2.45) is 0 Å². The normalized spacial score (nSPS) is 17.5. The predicted molar refractivity (Wildman–Crippen MR) is 112 cm³/mol. The molecular weight excluding hydrogens is 374 g/mol. The van der Waals surface area contributed by atoms with Crippen molar-refractivity contribution in [2.45, 2.75) is 31.8 Å². The van der Waals surface area contributed by atoms with Gasteiger partial charge in [-0.05, 0) is 43.0 Å². The molecular formula is C20H23N5O2S. The van der Waals surface area contributed by atoms with Gasteiger partial charge in [-0.25, -0.2) is 9.78 Å². The Morgan fingerprint density at radius 1 is 1.25 bits per heavy atom. The summed E-state index contributed by atoms with van der Waals surface area (Å²) in [5, 5.41) is 7.70. The highest BCUT2D eigenvalue weighted by atomic mass is 32.1. The summed E-state index contributed by atoms with van der Waals surface area (Å²) < 4.78 is 0.665. The van der Waals surface area contributed by atoms with Gasteiger partial charge in [0, 0.05) is 18.3 Å². The lowest BCUT2D eigenvalue weighted by atomic mass is 10.0. The first-order valence-electron chi connectivity index (χ1n) is 9.49. The van der Waals surface area contributed by atoms with Crippen molar-refractivity contribution >= 4 is 33.3 Å². The molecule has 1 fully saturated rings. The van der Waals surface area contributed by atoms with Crippen LogP contribution in [0.5, 0.6) is 0 Å². The number of likely N-dealkylation sites (tertiary alicyclic amines) is 1. The van der Waals surface area contributed by atoms with Gasteiger partial charge in [-0.2, -0.15) is 0 Å². The number of thiophene rings is 1. The van der Waals surface area contributed by atoms with Crippen molar-refractivity contribution in [3.05, 3.63) is 58.0 Å². The van der Waals surface area contributed by atoms with Crippen molar-refractivity contribution in [1.82, 2.24) is 20.2 Å². The summed E-state index contributed by atoms with van der Waals surface area (Å²) in [6.07, 6.45) is 3.25. The Hall–Kier alpha value is -2.71. The smallest absolute Gasteiger partial charge is 0.319 e. The molecule has 1 aliphatic rings. The van der Waals surface area contributed by atoms with E-state index in [-0.39, 0.29) is 17.6 Å². The van der Waals surface area contributed by atoms with Crippen molar-refractivity contribution in [3.8, 4) is 0 Å². The molecule has 0 saturated carbocycles. The summed E-state index contributed by atoms with van der Waals surface area (Å²) in [4.78, 5) is 34.2. The van der Waals surface area contributed by atoms with Crippen LogP contribution >= 0.6 is 11.3 Å². The minimum absolute atomic E-state index is 0.0797. The standard InChI is InChI=1S/C20H23N5O2S/c26-19-18-16(9-11-28-18)23-17(24-19)13-25-10-5-4-8-15(25)12-21-20(27)22-14-6-2-1-3-7-14/h1-3,6-7,9,11,15H,4-5,8,10,12-13H2,(H2,21,22,27)(H,23,24,26). The first-order valence-corrected chi connectivity index (χ1v) is 10.4. The first-order chi connectivity index (χ1) is 13.7. The second-order valence-corrected chi connectivity index (χ2v) is 7.88. The third-order valence-corrected chi connectivity index (χ3v) is 5.90. The van der Waals surface area contributed by atoms with Gasteiger partial charge in [-0.1, -0.05) is 24.6 Å². The van der Waals surface area contributed by atoms with Crippen LogP contribution in [0.4, 0.5) is 10.5 Å². The van der Waals surface area contributed by atoms with Crippen molar-refractivity contribution < 1.29 is 4.79 Å². The number of rotatable bonds is 5. The Bertz CT molecular complexity index is 1000. The summed E-state index contributed by atoms with van der Waals surface area (Å²) in [6, 6.07) is 11.3. The van der Waals surface area contributed by atoms with Gasteiger partial charge in [0.05, 0.1) is 12.1 Å². The molecule has 3 aromatic rings. The molecule has 146 valence electrons. The lowest BCUT2D eigenvalue weighted by Gasteiger charge is -2.35. The summed E-state index contributed by atoms with van der Waals surface area (Å²) in [6.45, 7) is 2.06. The van der Waals surface area contributed by atoms with Gasteiger partial charge < -0.3 is 15.6 Å². The maximum absolute atomic E-state index is 12.2. The van der Waals surface area contributed by atoms with Gasteiger partial charge in [0.25, 0.3) is 5.56 Å². The number of fused-ring (bicyclic) bond motifs is 1. The molecule has 0 radical (unpaired) electrons. The zero-order valence-corrected chi connectivity index (χ0v) is 16.3. The molecule has 0 spiro atoms. The fraction of sp³-hybridized carbons (Fsp3) is 0.350. The van der Waals surface area contributed by atoms with Gasteiger partial charge >= 0.3 is 6.03 Å². The lowest BCUT2D eigenvalue weighted by Crippen LogP contribution is -2.47. The Morgan fingerprint density at radius 3 is 2.96 bits per heavy atom. The number of hydrogen-bond donors (Lipinski definition) is 3.